The van der Waals surface area contributed by atoms with Crippen molar-refractivity contribution in [2.75, 3.05) is 13.1 Å². The van der Waals surface area contributed by atoms with Gasteiger partial charge < -0.3 is 5.73 Å². The molecule has 0 aliphatic heterocycles. The van der Waals surface area contributed by atoms with Crippen LogP contribution in [0.1, 0.15) is 31.7 Å². The van der Waals surface area contributed by atoms with E-state index < -0.39 is 0 Å². The molecule has 19 heavy (non-hydrogen) atoms. The van der Waals surface area contributed by atoms with Gasteiger partial charge in [-0.3, -0.25) is 9.69 Å². The molecule has 1 aromatic carbocycles. The minimum Gasteiger partial charge on any atom is -0.369 e. The van der Waals surface area contributed by atoms with Gasteiger partial charge in [0.2, 0.25) is 5.91 Å². The molecular formula is C14H20BrFN2O. The van der Waals surface area contributed by atoms with E-state index in [4.69, 9.17) is 5.73 Å². The summed E-state index contributed by atoms with van der Waals surface area (Å²) in [7, 11) is 0. The Morgan fingerprint density at radius 2 is 2.16 bits per heavy atom. The number of unbranched alkanes of at least 4 members (excludes halogenated alkanes) is 2. The summed E-state index contributed by atoms with van der Waals surface area (Å²) in [6, 6.07) is 4.89. The number of amides is 1. The van der Waals surface area contributed by atoms with Gasteiger partial charge in [-0.25, -0.2) is 4.39 Å². The van der Waals surface area contributed by atoms with Crippen molar-refractivity contribution < 1.29 is 9.18 Å². The monoisotopic (exact) mass is 330 g/mol. The van der Waals surface area contributed by atoms with Crippen molar-refractivity contribution in [3.8, 4) is 0 Å². The van der Waals surface area contributed by atoms with Crippen molar-refractivity contribution in [1.82, 2.24) is 4.90 Å². The normalized spacial score (nSPS) is 10.9. The van der Waals surface area contributed by atoms with Crippen LogP contribution in [0.5, 0.6) is 0 Å². The highest BCUT2D eigenvalue weighted by molar-refractivity contribution is 9.10. The number of carbonyl (C=O) groups excluding carboxylic acids is 1. The molecule has 0 bridgehead atoms. The topological polar surface area (TPSA) is 46.3 Å². The van der Waals surface area contributed by atoms with E-state index in [1.807, 2.05) is 4.90 Å². The molecule has 0 unspecified atom stereocenters. The van der Waals surface area contributed by atoms with E-state index in [0.29, 0.717) is 11.0 Å². The van der Waals surface area contributed by atoms with Crippen LogP contribution in [-0.4, -0.2) is 23.9 Å². The molecule has 0 spiro atoms. The van der Waals surface area contributed by atoms with E-state index in [0.717, 1.165) is 31.4 Å². The first-order chi connectivity index (χ1) is 9.02. The molecule has 0 aliphatic rings. The Kier molecular flexibility index (Phi) is 7.02. The molecule has 0 saturated carbocycles. The lowest BCUT2D eigenvalue weighted by molar-refractivity contribution is -0.119. The second-order valence-electron chi connectivity index (χ2n) is 4.63. The van der Waals surface area contributed by atoms with Crippen LogP contribution in [0.15, 0.2) is 22.7 Å². The summed E-state index contributed by atoms with van der Waals surface area (Å²) in [4.78, 5) is 13.1. The molecule has 1 amide bonds. The lowest BCUT2D eigenvalue weighted by Gasteiger charge is -2.20. The highest BCUT2D eigenvalue weighted by atomic mass is 79.9. The SMILES string of the molecule is CCCCCN(CC(N)=O)Cc1ccc(F)c(Br)c1. The maximum atomic E-state index is 13.2. The third-order valence-electron chi connectivity index (χ3n) is 2.85. The molecule has 106 valence electrons. The number of nitrogens with zero attached hydrogens (tertiary/aromatic N) is 1. The van der Waals surface area contributed by atoms with E-state index in [2.05, 4.69) is 22.9 Å². The van der Waals surface area contributed by atoms with Crippen LogP contribution in [0.4, 0.5) is 4.39 Å². The van der Waals surface area contributed by atoms with Gasteiger partial charge in [-0.2, -0.15) is 0 Å². The van der Waals surface area contributed by atoms with Crippen LogP contribution in [0, 0.1) is 5.82 Å². The fourth-order valence-electron chi connectivity index (χ4n) is 1.92. The maximum absolute atomic E-state index is 13.2. The standard InChI is InChI=1S/C14H20BrFN2O/c1-2-3-4-7-18(10-14(17)19)9-11-5-6-13(16)12(15)8-11/h5-6,8H,2-4,7,9-10H2,1H3,(H2,17,19). The van der Waals surface area contributed by atoms with E-state index >= 15 is 0 Å². The largest absolute Gasteiger partial charge is 0.369 e. The molecule has 0 saturated heterocycles. The number of primary amides is 1. The van der Waals surface area contributed by atoms with E-state index in [1.54, 1.807) is 12.1 Å². The Bertz CT molecular complexity index is 426. The maximum Gasteiger partial charge on any atom is 0.231 e. The zero-order valence-corrected chi connectivity index (χ0v) is 12.7. The van der Waals surface area contributed by atoms with Gasteiger partial charge in [0.1, 0.15) is 5.82 Å². The van der Waals surface area contributed by atoms with Crippen LogP contribution in [-0.2, 0) is 11.3 Å². The van der Waals surface area contributed by atoms with Crippen LogP contribution in [0.3, 0.4) is 0 Å². The molecular weight excluding hydrogens is 311 g/mol. The van der Waals surface area contributed by atoms with Crippen molar-refractivity contribution in [3.63, 3.8) is 0 Å². The minimum atomic E-state index is -0.335. The first-order valence-electron chi connectivity index (χ1n) is 6.47. The van der Waals surface area contributed by atoms with Gasteiger partial charge in [-0.05, 0) is 46.6 Å². The van der Waals surface area contributed by atoms with Crippen molar-refractivity contribution >= 4 is 21.8 Å². The number of carbonyl (C=O) groups is 1. The average Bonchev–Trinajstić information content (AvgIpc) is 2.33. The fourth-order valence-corrected chi connectivity index (χ4v) is 2.34. The van der Waals surface area contributed by atoms with Gasteiger partial charge in [-0.15, -0.1) is 0 Å². The number of benzene rings is 1. The van der Waals surface area contributed by atoms with E-state index in [9.17, 15) is 9.18 Å². The van der Waals surface area contributed by atoms with E-state index in [1.165, 1.54) is 6.07 Å². The Balaban J connectivity index is 2.63. The van der Waals surface area contributed by atoms with Gasteiger partial charge in [0.05, 0.1) is 11.0 Å². The Morgan fingerprint density at radius 3 is 2.74 bits per heavy atom. The fraction of sp³-hybridized carbons (Fsp3) is 0.500. The number of halogens is 2. The Labute approximate surface area is 122 Å². The summed E-state index contributed by atoms with van der Waals surface area (Å²) in [5, 5.41) is 0. The predicted molar refractivity (Wildman–Crippen MR) is 78.1 cm³/mol. The number of rotatable bonds is 8. The summed E-state index contributed by atoms with van der Waals surface area (Å²) in [5.41, 5.74) is 6.22. The second-order valence-corrected chi connectivity index (χ2v) is 5.49. The van der Waals surface area contributed by atoms with Crippen LogP contribution in [0.25, 0.3) is 0 Å². The highest BCUT2D eigenvalue weighted by Gasteiger charge is 2.10. The van der Waals surface area contributed by atoms with Crippen molar-refractivity contribution in [2.24, 2.45) is 5.73 Å². The summed E-state index contributed by atoms with van der Waals surface area (Å²) >= 11 is 3.17. The third-order valence-corrected chi connectivity index (χ3v) is 3.46. The van der Waals surface area contributed by atoms with Crippen molar-refractivity contribution in [3.05, 3.63) is 34.1 Å². The molecule has 1 rings (SSSR count). The summed E-state index contributed by atoms with van der Waals surface area (Å²) in [6.07, 6.45) is 3.29. The second kappa shape index (κ2) is 8.27. The molecule has 0 fully saturated rings. The molecule has 0 aliphatic carbocycles. The lowest BCUT2D eigenvalue weighted by atomic mass is 10.2. The Hall–Kier alpha value is -0.940. The summed E-state index contributed by atoms with van der Waals surface area (Å²) < 4.78 is 13.6. The smallest absolute Gasteiger partial charge is 0.231 e. The average molecular weight is 331 g/mol. The zero-order valence-electron chi connectivity index (χ0n) is 11.2. The molecule has 0 atom stereocenters. The van der Waals surface area contributed by atoms with Crippen LogP contribution < -0.4 is 5.73 Å². The molecule has 3 nitrogen and oxygen atoms in total. The molecule has 0 heterocycles. The van der Waals surface area contributed by atoms with Crippen molar-refractivity contribution in [2.45, 2.75) is 32.7 Å². The summed E-state index contributed by atoms with van der Waals surface area (Å²) in [5.74, 6) is -0.617. The van der Waals surface area contributed by atoms with Gasteiger partial charge in [0.25, 0.3) is 0 Å². The molecule has 1 aromatic rings. The highest BCUT2D eigenvalue weighted by Crippen LogP contribution is 2.18. The molecule has 2 N–H and O–H groups in total. The van der Waals surface area contributed by atoms with E-state index in [-0.39, 0.29) is 18.3 Å². The molecule has 5 heteroatoms. The van der Waals surface area contributed by atoms with Crippen LogP contribution >= 0.6 is 15.9 Å². The third kappa shape index (κ3) is 6.16. The first kappa shape index (κ1) is 16.1. The molecule has 0 radical (unpaired) electrons. The number of hydrogen-bond acceptors (Lipinski definition) is 2. The van der Waals surface area contributed by atoms with Gasteiger partial charge in [0.15, 0.2) is 0 Å². The van der Waals surface area contributed by atoms with Gasteiger partial charge >= 0.3 is 0 Å². The minimum absolute atomic E-state index is 0.235. The van der Waals surface area contributed by atoms with Gasteiger partial charge in [0, 0.05) is 6.54 Å². The summed E-state index contributed by atoms with van der Waals surface area (Å²) in [6.45, 7) is 3.80. The predicted octanol–water partition coefficient (Wildman–Crippen LogP) is 3.07. The Morgan fingerprint density at radius 1 is 1.42 bits per heavy atom. The first-order valence-corrected chi connectivity index (χ1v) is 7.26. The van der Waals surface area contributed by atoms with Gasteiger partial charge in [-0.1, -0.05) is 25.8 Å². The quantitative estimate of drug-likeness (QED) is 0.744. The number of hydrogen-bond donors (Lipinski definition) is 1. The molecule has 0 aromatic heterocycles. The van der Waals surface area contributed by atoms with Crippen LogP contribution in [0.2, 0.25) is 0 Å². The zero-order chi connectivity index (χ0) is 14.3. The number of nitrogens with two attached hydrogens (primary N) is 1. The van der Waals surface area contributed by atoms with Crippen molar-refractivity contribution in [1.29, 1.82) is 0 Å². The lowest BCUT2D eigenvalue weighted by Crippen LogP contribution is -2.34.